The zero-order valence-electron chi connectivity index (χ0n) is 15.3. The summed E-state index contributed by atoms with van der Waals surface area (Å²) in [6.07, 6.45) is 2.13. The standard InChI is InChI=1S/C20H19Cl2N3O3S/c21-15-4-1-13(2-5-15)18-12-23-20(24-18)14-3-6-17(22)19(11-14)29(27,28)25-9-7-16(26)8-10-25/h1-6,11-12,16,26H,7-10H2,(H,23,24). The molecule has 3 aromatic rings. The van der Waals surface area contributed by atoms with Gasteiger partial charge in [-0.15, -0.1) is 0 Å². The van der Waals surface area contributed by atoms with Crippen LogP contribution < -0.4 is 0 Å². The van der Waals surface area contributed by atoms with Crippen LogP contribution in [0.25, 0.3) is 22.6 Å². The highest BCUT2D eigenvalue weighted by Crippen LogP contribution is 2.31. The number of piperidine rings is 1. The zero-order valence-corrected chi connectivity index (χ0v) is 17.7. The van der Waals surface area contributed by atoms with Crippen LogP contribution in [0.5, 0.6) is 0 Å². The predicted octanol–water partition coefficient (Wildman–Crippen LogP) is 4.20. The first-order valence-electron chi connectivity index (χ1n) is 9.14. The fraction of sp³-hybridized carbons (Fsp3) is 0.250. The molecule has 29 heavy (non-hydrogen) atoms. The van der Waals surface area contributed by atoms with E-state index >= 15 is 0 Å². The summed E-state index contributed by atoms with van der Waals surface area (Å²) in [7, 11) is -3.76. The summed E-state index contributed by atoms with van der Waals surface area (Å²) in [6.45, 7) is 0.539. The highest BCUT2D eigenvalue weighted by Gasteiger charge is 2.30. The number of benzene rings is 2. The second-order valence-corrected chi connectivity index (χ2v) is 9.67. The molecule has 0 bridgehead atoms. The molecule has 0 atom stereocenters. The highest BCUT2D eigenvalue weighted by molar-refractivity contribution is 7.89. The molecule has 1 aliphatic rings. The number of aliphatic hydroxyl groups is 1. The van der Waals surface area contributed by atoms with Crippen LogP contribution in [0, 0.1) is 0 Å². The number of halogens is 2. The molecule has 0 aliphatic carbocycles. The van der Waals surface area contributed by atoms with Crippen molar-refractivity contribution in [1.82, 2.24) is 14.3 Å². The van der Waals surface area contributed by atoms with Crippen LogP contribution in [-0.4, -0.2) is 47.0 Å². The Morgan fingerprint density at radius 3 is 2.38 bits per heavy atom. The van der Waals surface area contributed by atoms with E-state index in [0.29, 0.717) is 29.3 Å². The minimum Gasteiger partial charge on any atom is -0.393 e. The summed E-state index contributed by atoms with van der Waals surface area (Å²) >= 11 is 12.2. The van der Waals surface area contributed by atoms with Gasteiger partial charge in [0.1, 0.15) is 10.7 Å². The number of nitrogens with one attached hydrogen (secondary N) is 1. The van der Waals surface area contributed by atoms with E-state index in [4.69, 9.17) is 23.2 Å². The summed E-state index contributed by atoms with van der Waals surface area (Å²) in [5.74, 6) is 0.539. The second kappa shape index (κ2) is 8.08. The lowest BCUT2D eigenvalue weighted by atomic mass is 10.1. The molecule has 1 saturated heterocycles. The average molecular weight is 452 g/mol. The number of aromatic nitrogens is 2. The predicted molar refractivity (Wildman–Crippen MR) is 113 cm³/mol. The van der Waals surface area contributed by atoms with E-state index < -0.39 is 16.1 Å². The Bertz CT molecular complexity index is 1120. The molecule has 152 valence electrons. The number of H-pyrrole nitrogens is 1. The third-order valence-corrected chi connectivity index (χ3v) is 7.60. The van der Waals surface area contributed by atoms with Crippen LogP contribution in [0.4, 0.5) is 0 Å². The van der Waals surface area contributed by atoms with Crippen LogP contribution in [-0.2, 0) is 10.0 Å². The molecule has 2 aromatic carbocycles. The van der Waals surface area contributed by atoms with Crippen molar-refractivity contribution in [3.63, 3.8) is 0 Å². The SMILES string of the molecule is O=S(=O)(c1cc(-c2nc(-c3ccc(Cl)cc3)c[nH]2)ccc1Cl)N1CCC(O)CC1. The quantitative estimate of drug-likeness (QED) is 0.622. The molecule has 0 unspecified atom stereocenters. The van der Waals surface area contributed by atoms with Gasteiger partial charge in [0.05, 0.1) is 16.8 Å². The third kappa shape index (κ3) is 4.20. The normalized spacial score (nSPS) is 16.2. The third-order valence-electron chi connectivity index (χ3n) is 4.96. The number of aromatic amines is 1. The van der Waals surface area contributed by atoms with Crippen LogP contribution in [0.2, 0.25) is 10.0 Å². The van der Waals surface area contributed by atoms with Crippen molar-refractivity contribution in [2.24, 2.45) is 0 Å². The fourth-order valence-electron chi connectivity index (χ4n) is 3.31. The van der Waals surface area contributed by atoms with E-state index in [1.807, 2.05) is 12.1 Å². The monoisotopic (exact) mass is 451 g/mol. The molecule has 0 amide bonds. The number of hydrogen-bond acceptors (Lipinski definition) is 4. The summed E-state index contributed by atoms with van der Waals surface area (Å²) < 4.78 is 27.5. The second-order valence-electron chi connectivity index (χ2n) is 6.92. The van der Waals surface area contributed by atoms with Crippen molar-refractivity contribution in [3.8, 4) is 22.6 Å². The maximum atomic E-state index is 13.1. The molecule has 9 heteroatoms. The van der Waals surface area contributed by atoms with Crippen LogP contribution >= 0.6 is 23.2 Å². The molecule has 1 fully saturated rings. The molecule has 4 rings (SSSR count). The molecular weight excluding hydrogens is 433 g/mol. The Labute approximate surface area is 179 Å². The van der Waals surface area contributed by atoms with Crippen LogP contribution in [0.15, 0.2) is 53.6 Å². The molecule has 1 aliphatic heterocycles. The molecule has 0 radical (unpaired) electrons. The van der Waals surface area contributed by atoms with E-state index in [1.54, 1.807) is 30.5 Å². The molecule has 0 spiro atoms. The minimum atomic E-state index is -3.76. The van der Waals surface area contributed by atoms with E-state index in [-0.39, 0.29) is 23.0 Å². The molecule has 0 saturated carbocycles. The van der Waals surface area contributed by atoms with Crippen molar-refractivity contribution >= 4 is 33.2 Å². The maximum absolute atomic E-state index is 13.1. The maximum Gasteiger partial charge on any atom is 0.244 e. The number of aliphatic hydroxyl groups excluding tert-OH is 1. The van der Waals surface area contributed by atoms with Crippen molar-refractivity contribution in [3.05, 3.63) is 58.7 Å². The van der Waals surface area contributed by atoms with Gasteiger partial charge >= 0.3 is 0 Å². The zero-order chi connectivity index (χ0) is 20.6. The number of nitrogens with zero attached hydrogens (tertiary/aromatic N) is 2. The fourth-order valence-corrected chi connectivity index (χ4v) is 5.40. The Morgan fingerprint density at radius 2 is 1.69 bits per heavy atom. The lowest BCUT2D eigenvalue weighted by molar-refractivity contribution is 0.113. The minimum absolute atomic E-state index is 0.0394. The highest BCUT2D eigenvalue weighted by atomic mass is 35.5. The smallest absolute Gasteiger partial charge is 0.244 e. The summed E-state index contributed by atoms with van der Waals surface area (Å²) in [6, 6.07) is 12.1. The number of rotatable bonds is 4. The number of imidazole rings is 1. The molecular formula is C20H19Cl2N3O3S. The van der Waals surface area contributed by atoms with E-state index in [9.17, 15) is 13.5 Å². The van der Waals surface area contributed by atoms with Gasteiger partial charge in [-0.2, -0.15) is 4.31 Å². The Balaban J connectivity index is 1.66. The van der Waals surface area contributed by atoms with Crippen LogP contribution in [0.1, 0.15) is 12.8 Å². The molecule has 1 aromatic heterocycles. The van der Waals surface area contributed by atoms with Crippen molar-refractivity contribution in [1.29, 1.82) is 0 Å². The van der Waals surface area contributed by atoms with Gasteiger partial charge in [-0.05, 0) is 43.2 Å². The largest absolute Gasteiger partial charge is 0.393 e. The molecule has 6 nitrogen and oxygen atoms in total. The van der Waals surface area contributed by atoms with Gasteiger partial charge in [0.15, 0.2) is 0 Å². The lowest BCUT2D eigenvalue weighted by Crippen LogP contribution is -2.40. The van der Waals surface area contributed by atoms with Crippen molar-refractivity contribution in [2.75, 3.05) is 13.1 Å². The Hall–Kier alpha value is -1.90. The lowest BCUT2D eigenvalue weighted by Gasteiger charge is -2.29. The summed E-state index contributed by atoms with van der Waals surface area (Å²) in [5.41, 5.74) is 2.23. The van der Waals surface area contributed by atoms with Crippen LogP contribution in [0.3, 0.4) is 0 Å². The van der Waals surface area contributed by atoms with Gasteiger partial charge < -0.3 is 10.1 Å². The summed E-state index contributed by atoms with van der Waals surface area (Å²) in [4.78, 5) is 7.70. The number of sulfonamides is 1. The van der Waals surface area contributed by atoms with Gasteiger partial charge in [-0.1, -0.05) is 35.3 Å². The van der Waals surface area contributed by atoms with Gasteiger partial charge in [0.25, 0.3) is 0 Å². The van der Waals surface area contributed by atoms with E-state index in [2.05, 4.69) is 9.97 Å². The summed E-state index contributed by atoms with van der Waals surface area (Å²) in [5, 5.41) is 10.5. The van der Waals surface area contributed by atoms with Gasteiger partial charge in [0, 0.05) is 35.4 Å². The van der Waals surface area contributed by atoms with E-state index in [0.717, 1.165) is 11.3 Å². The average Bonchev–Trinajstić information content (AvgIpc) is 3.19. The Kier molecular flexibility index (Phi) is 5.68. The van der Waals surface area contributed by atoms with E-state index in [1.165, 1.54) is 10.4 Å². The van der Waals surface area contributed by atoms with Gasteiger partial charge in [-0.3, -0.25) is 0 Å². The van der Waals surface area contributed by atoms with Crippen molar-refractivity contribution in [2.45, 2.75) is 23.8 Å². The topological polar surface area (TPSA) is 86.3 Å². The molecule has 2 N–H and O–H groups in total. The Morgan fingerprint density at radius 1 is 1.03 bits per heavy atom. The molecule has 2 heterocycles. The van der Waals surface area contributed by atoms with Gasteiger partial charge in [0.2, 0.25) is 10.0 Å². The van der Waals surface area contributed by atoms with Gasteiger partial charge in [-0.25, -0.2) is 13.4 Å². The van der Waals surface area contributed by atoms with Crippen molar-refractivity contribution < 1.29 is 13.5 Å². The first-order chi connectivity index (χ1) is 13.8. The first-order valence-corrected chi connectivity index (χ1v) is 11.3. The number of hydrogen-bond donors (Lipinski definition) is 2. The first kappa shape index (κ1) is 20.4.